The molecule has 0 saturated carbocycles. The molecule has 2 heterocycles. The molecule has 1 amide bonds. The van der Waals surface area contributed by atoms with E-state index in [1.165, 1.54) is 4.57 Å². The maximum absolute atomic E-state index is 13.1. The molecular formula is C32H32N4O4. The summed E-state index contributed by atoms with van der Waals surface area (Å²) in [7, 11) is 1.58. The van der Waals surface area contributed by atoms with E-state index in [0.717, 1.165) is 30.1 Å². The van der Waals surface area contributed by atoms with Gasteiger partial charge in [0, 0.05) is 44.5 Å². The molecule has 0 unspecified atom stereocenters. The van der Waals surface area contributed by atoms with E-state index in [2.05, 4.69) is 9.88 Å². The highest BCUT2D eigenvalue weighted by atomic mass is 16.5. The van der Waals surface area contributed by atoms with Gasteiger partial charge in [-0.2, -0.15) is 0 Å². The summed E-state index contributed by atoms with van der Waals surface area (Å²) in [5, 5.41) is 0.458. The van der Waals surface area contributed by atoms with Gasteiger partial charge in [-0.05, 0) is 66.6 Å². The van der Waals surface area contributed by atoms with E-state index in [9.17, 15) is 14.4 Å². The van der Waals surface area contributed by atoms with Crippen LogP contribution in [0.5, 0.6) is 5.75 Å². The van der Waals surface area contributed by atoms with Crippen molar-refractivity contribution in [2.75, 3.05) is 37.7 Å². The molecule has 1 fully saturated rings. The Morgan fingerprint density at radius 1 is 0.850 bits per heavy atom. The lowest BCUT2D eigenvalue weighted by molar-refractivity contribution is 0.0747. The van der Waals surface area contributed by atoms with E-state index in [1.807, 2.05) is 66.4 Å². The fourth-order valence-corrected chi connectivity index (χ4v) is 4.81. The quantitative estimate of drug-likeness (QED) is 0.408. The smallest absolute Gasteiger partial charge is 0.274 e. The van der Waals surface area contributed by atoms with Crippen molar-refractivity contribution in [3.05, 3.63) is 127 Å². The minimum absolute atomic E-state index is 0.0250. The average molecular weight is 537 g/mol. The number of hydrogen-bond acceptors (Lipinski definition) is 5. The van der Waals surface area contributed by atoms with Crippen LogP contribution in [-0.4, -0.2) is 53.1 Å². The highest BCUT2D eigenvalue weighted by Gasteiger charge is 2.22. The van der Waals surface area contributed by atoms with Gasteiger partial charge in [0.1, 0.15) is 16.4 Å². The zero-order chi connectivity index (χ0) is 28.1. The van der Waals surface area contributed by atoms with Crippen molar-refractivity contribution in [1.29, 1.82) is 0 Å². The lowest BCUT2D eigenvalue weighted by Gasteiger charge is -2.36. The van der Waals surface area contributed by atoms with E-state index in [4.69, 9.17) is 4.74 Å². The topological polar surface area (TPSA) is 87.6 Å². The molecule has 1 aliphatic rings. The molecule has 0 spiro atoms. The van der Waals surface area contributed by atoms with Gasteiger partial charge < -0.3 is 24.1 Å². The fourth-order valence-electron chi connectivity index (χ4n) is 4.81. The van der Waals surface area contributed by atoms with Gasteiger partial charge >= 0.3 is 0 Å². The standard InChI is InChI=1S/C32H32N4O4/c1-3-40-27-15-13-26(14-16-27)35-17-19-36(20-18-35)31(38)25-11-9-24(10-12-25)21-28-32(39)34(2)29(30(37)33-28)22-23-7-5-4-6-8-23/h4-16,21-22H,3,17-20H2,1-2H3,(H,33,37)/b28-21-,29-22-. The van der Waals surface area contributed by atoms with E-state index in [-0.39, 0.29) is 27.7 Å². The molecule has 1 aliphatic heterocycles. The Morgan fingerprint density at radius 2 is 1.50 bits per heavy atom. The zero-order valence-corrected chi connectivity index (χ0v) is 22.7. The molecule has 5 rings (SSSR count). The van der Waals surface area contributed by atoms with Crippen LogP contribution in [-0.2, 0) is 7.05 Å². The minimum atomic E-state index is -0.353. The average Bonchev–Trinajstić information content (AvgIpc) is 2.99. The molecule has 0 aliphatic carbocycles. The second-order valence-electron chi connectivity index (χ2n) is 9.64. The summed E-state index contributed by atoms with van der Waals surface area (Å²) in [5.41, 5.74) is 2.58. The first-order valence-corrected chi connectivity index (χ1v) is 13.4. The fraction of sp³-hybridized carbons (Fsp3) is 0.219. The van der Waals surface area contributed by atoms with Crippen molar-refractivity contribution < 1.29 is 9.53 Å². The number of nitrogens with zero attached hydrogens (tertiary/aromatic N) is 3. The number of carbonyl (C=O) groups is 1. The number of nitrogens with one attached hydrogen (secondary N) is 1. The monoisotopic (exact) mass is 536 g/mol. The number of amides is 1. The normalized spacial score (nSPS) is 14.4. The molecule has 0 radical (unpaired) electrons. The molecule has 40 heavy (non-hydrogen) atoms. The maximum Gasteiger partial charge on any atom is 0.274 e. The van der Waals surface area contributed by atoms with Crippen LogP contribution >= 0.6 is 0 Å². The predicted octanol–water partition coefficient (Wildman–Crippen LogP) is 2.09. The zero-order valence-electron chi connectivity index (χ0n) is 22.7. The van der Waals surface area contributed by atoms with E-state index >= 15 is 0 Å². The summed E-state index contributed by atoms with van der Waals surface area (Å²) in [6.07, 6.45) is 3.31. The van der Waals surface area contributed by atoms with E-state index in [0.29, 0.717) is 30.8 Å². The molecule has 4 aromatic rings. The van der Waals surface area contributed by atoms with E-state index < -0.39 is 0 Å². The number of aromatic amines is 1. The van der Waals surface area contributed by atoms with Crippen molar-refractivity contribution in [3.8, 4) is 5.75 Å². The van der Waals surface area contributed by atoms with Crippen LogP contribution in [0.4, 0.5) is 5.69 Å². The molecule has 1 N–H and O–H groups in total. The Bertz CT molecular complexity index is 1720. The summed E-state index contributed by atoms with van der Waals surface area (Å²) in [5.74, 6) is 0.828. The van der Waals surface area contributed by atoms with Gasteiger partial charge in [-0.25, -0.2) is 0 Å². The third-order valence-corrected chi connectivity index (χ3v) is 7.03. The Hall–Kier alpha value is -4.85. The molecule has 3 aromatic carbocycles. The van der Waals surface area contributed by atoms with Gasteiger partial charge in [-0.1, -0.05) is 42.5 Å². The summed E-state index contributed by atoms with van der Waals surface area (Å²) in [6, 6.07) is 24.5. The first kappa shape index (κ1) is 26.7. The SMILES string of the molecule is CCOc1ccc(N2CCN(C(=O)c3ccc(/C=c4\[nH]c(=O)/c(=C/c5ccccc5)n(C)c4=O)cc3)CC2)cc1. The number of hydrogen-bond donors (Lipinski definition) is 1. The molecule has 0 bridgehead atoms. The second-order valence-corrected chi connectivity index (χ2v) is 9.64. The molecule has 1 aromatic heterocycles. The Morgan fingerprint density at radius 3 is 2.15 bits per heavy atom. The number of piperazine rings is 1. The lowest BCUT2D eigenvalue weighted by atomic mass is 10.1. The van der Waals surface area contributed by atoms with Gasteiger partial charge in [-0.3, -0.25) is 14.4 Å². The van der Waals surface area contributed by atoms with Crippen LogP contribution in [0.15, 0.2) is 88.5 Å². The summed E-state index contributed by atoms with van der Waals surface area (Å²) >= 11 is 0. The Kier molecular flexibility index (Phi) is 7.96. The number of anilines is 1. The first-order valence-electron chi connectivity index (χ1n) is 13.4. The third kappa shape index (κ3) is 5.91. The van der Waals surface area contributed by atoms with Gasteiger partial charge in [0.15, 0.2) is 0 Å². The number of ether oxygens (including phenoxy) is 1. The van der Waals surface area contributed by atoms with Crippen LogP contribution in [0, 0.1) is 0 Å². The van der Waals surface area contributed by atoms with Crippen molar-refractivity contribution in [1.82, 2.24) is 14.5 Å². The van der Waals surface area contributed by atoms with Crippen LogP contribution < -0.4 is 31.5 Å². The predicted molar refractivity (Wildman–Crippen MR) is 157 cm³/mol. The van der Waals surface area contributed by atoms with Gasteiger partial charge in [0.05, 0.1) is 6.61 Å². The second kappa shape index (κ2) is 11.9. The van der Waals surface area contributed by atoms with Gasteiger partial charge in [0.2, 0.25) is 0 Å². The number of benzene rings is 3. The molecular weight excluding hydrogens is 504 g/mol. The molecule has 8 nitrogen and oxygen atoms in total. The van der Waals surface area contributed by atoms with Crippen molar-refractivity contribution >= 4 is 23.7 Å². The maximum atomic E-state index is 13.1. The Balaban J connectivity index is 1.28. The van der Waals surface area contributed by atoms with Crippen molar-refractivity contribution in [3.63, 3.8) is 0 Å². The van der Waals surface area contributed by atoms with E-state index in [1.54, 1.807) is 43.5 Å². The van der Waals surface area contributed by atoms with Gasteiger partial charge in [-0.15, -0.1) is 0 Å². The number of aromatic nitrogens is 2. The number of carbonyl (C=O) groups excluding carboxylic acids is 1. The first-order chi connectivity index (χ1) is 19.4. The van der Waals surface area contributed by atoms with Crippen LogP contribution in [0.1, 0.15) is 28.4 Å². The molecule has 204 valence electrons. The van der Waals surface area contributed by atoms with Crippen LogP contribution in [0.3, 0.4) is 0 Å². The Labute approximate surface area is 232 Å². The highest BCUT2D eigenvalue weighted by Crippen LogP contribution is 2.21. The number of rotatable bonds is 6. The molecule has 0 atom stereocenters. The molecule has 8 heteroatoms. The van der Waals surface area contributed by atoms with Crippen LogP contribution in [0.2, 0.25) is 0 Å². The number of H-pyrrole nitrogens is 1. The highest BCUT2D eigenvalue weighted by molar-refractivity contribution is 5.94. The van der Waals surface area contributed by atoms with Crippen molar-refractivity contribution in [2.45, 2.75) is 6.92 Å². The third-order valence-electron chi connectivity index (χ3n) is 7.03. The summed E-state index contributed by atoms with van der Waals surface area (Å²) in [6.45, 7) is 5.36. The van der Waals surface area contributed by atoms with Crippen molar-refractivity contribution in [2.24, 2.45) is 7.05 Å². The summed E-state index contributed by atoms with van der Waals surface area (Å²) < 4.78 is 6.87. The molecule has 1 saturated heterocycles. The van der Waals surface area contributed by atoms with Gasteiger partial charge in [0.25, 0.3) is 17.0 Å². The largest absolute Gasteiger partial charge is 0.494 e. The van der Waals surface area contributed by atoms with Crippen LogP contribution in [0.25, 0.3) is 12.2 Å². The minimum Gasteiger partial charge on any atom is -0.494 e. The summed E-state index contributed by atoms with van der Waals surface area (Å²) in [4.78, 5) is 45.7. The lowest BCUT2D eigenvalue weighted by Crippen LogP contribution is -2.52.